The number of methoxy groups -OCH3 is 1. The Labute approximate surface area is 175 Å². The SMILES string of the molecule is CCOc1ccccc1-c1nn(CN(C)CCOc2ccccc2OC)c(=S)o1. The third-order valence-corrected chi connectivity index (χ3v) is 4.49. The Hall–Kier alpha value is -2.84. The third-order valence-electron chi connectivity index (χ3n) is 4.20. The van der Waals surface area contributed by atoms with E-state index in [1.165, 1.54) is 0 Å². The van der Waals surface area contributed by atoms with E-state index in [4.69, 9.17) is 30.8 Å². The number of likely N-dealkylation sites (N-methyl/N-ethyl adjacent to an activating group) is 1. The predicted molar refractivity (Wildman–Crippen MR) is 113 cm³/mol. The van der Waals surface area contributed by atoms with Crippen molar-refractivity contribution < 1.29 is 18.6 Å². The molecule has 8 heteroatoms. The molecule has 2 aromatic carbocycles. The second kappa shape index (κ2) is 10.1. The first kappa shape index (κ1) is 20.9. The van der Waals surface area contributed by atoms with Crippen LogP contribution in [-0.4, -0.2) is 48.6 Å². The Bertz CT molecular complexity index is 986. The summed E-state index contributed by atoms with van der Waals surface area (Å²) >= 11 is 5.34. The van der Waals surface area contributed by atoms with Crippen molar-refractivity contribution >= 4 is 12.2 Å². The summed E-state index contributed by atoms with van der Waals surface area (Å²) in [6.07, 6.45) is 0. The fraction of sp³-hybridized carbons (Fsp3) is 0.333. The zero-order valence-electron chi connectivity index (χ0n) is 16.8. The summed E-state index contributed by atoms with van der Waals surface area (Å²) in [7, 11) is 3.60. The second-order valence-corrected chi connectivity index (χ2v) is 6.67. The number of rotatable bonds is 10. The van der Waals surface area contributed by atoms with Crippen molar-refractivity contribution in [2.75, 3.05) is 33.9 Å². The quantitative estimate of drug-likeness (QED) is 0.459. The van der Waals surface area contributed by atoms with Crippen LogP contribution in [0.15, 0.2) is 52.9 Å². The van der Waals surface area contributed by atoms with Crippen LogP contribution in [0.2, 0.25) is 0 Å². The minimum Gasteiger partial charge on any atom is -0.493 e. The zero-order valence-corrected chi connectivity index (χ0v) is 17.6. The van der Waals surface area contributed by atoms with E-state index in [0.29, 0.717) is 42.9 Å². The molecule has 29 heavy (non-hydrogen) atoms. The average molecular weight is 416 g/mol. The summed E-state index contributed by atoms with van der Waals surface area (Å²) in [5.41, 5.74) is 0.779. The van der Waals surface area contributed by atoms with Crippen molar-refractivity contribution in [1.82, 2.24) is 14.7 Å². The fourth-order valence-corrected chi connectivity index (χ4v) is 2.96. The van der Waals surface area contributed by atoms with Gasteiger partial charge in [0.15, 0.2) is 11.5 Å². The van der Waals surface area contributed by atoms with Crippen LogP contribution in [0.1, 0.15) is 6.92 Å². The lowest BCUT2D eigenvalue weighted by Gasteiger charge is -2.17. The molecule has 0 aliphatic carbocycles. The van der Waals surface area contributed by atoms with Crippen LogP contribution in [0, 0.1) is 4.84 Å². The van der Waals surface area contributed by atoms with Gasteiger partial charge in [0.25, 0.3) is 10.7 Å². The number of ether oxygens (including phenoxy) is 3. The lowest BCUT2D eigenvalue weighted by atomic mass is 10.2. The standard InChI is InChI=1S/C21H25N3O4S/c1-4-26-17-10-6-5-9-16(17)20-22-24(21(29)28-20)15-23(2)13-14-27-19-12-8-7-11-18(19)25-3/h5-12H,4,13-15H2,1-3H3. The normalized spacial score (nSPS) is 10.9. The molecule has 0 atom stereocenters. The van der Waals surface area contributed by atoms with Crippen LogP contribution in [-0.2, 0) is 6.67 Å². The van der Waals surface area contributed by atoms with Gasteiger partial charge in [0.05, 0.1) is 25.9 Å². The van der Waals surface area contributed by atoms with Gasteiger partial charge in [0.1, 0.15) is 12.4 Å². The van der Waals surface area contributed by atoms with Crippen LogP contribution in [0.5, 0.6) is 17.2 Å². The van der Waals surface area contributed by atoms with E-state index in [1.807, 2.05) is 67.4 Å². The molecule has 3 aromatic rings. The number of aromatic nitrogens is 2. The predicted octanol–water partition coefficient (Wildman–Crippen LogP) is 4.25. The average Bonchev–Trinajstić information content (AvgIpc) is 3.09. The van der Waals surface area contributed by atoms with Crippen LogP contribution < -0.4 is 14.2 Å². The van der Waals surface area contributed by atoms with E-state index < -0.39 is 0 Å². The molecule has 1 heterocycles. The van der Waals surface area contributed by atoms with Gasteiger partial charge in [-0.2, -0.15) is 0 Å². The Morgan fingerprint density at radius 3 is 2.45 bits per heavy atom. The van der Waals surface area contributed by atoms with Gasteiger partial charge in [0, 0.05) is 6.54 Å². The highest BCUT2D eigenvalue weighted by Gasteiger charge is 2.14. The van der Waals surface area contributed by atoms with E-state index in [1.54, 1.807) is 11.8 Å². The third kappa shape index (κ3) is 5.36. The van der Waals surface area contributed by atoms with Gasteiger partial charge in [-0.05, 0) is 50.5 Å². The van der Waals surface area contributed by atoms with E-state index >= 15 is 0 Å². The molecule has 0 saturated carbocycles. The van der Waals surface area contributed by atoms with Crippen LogP contribution in [0.3, 0.4) is 0 Å². The second-order valence-electron chi connectivity index (χ2n) is 6.32. The van der Waals surface area contributed by atoms with Crippen molar-refractivity contribution in [3.05, 3.63) is 53.4 Å². The molecular formula is C21H25N3O4S. The summed E-state index contributed by atoms with van der Waals surface area (Å²) in [4.78, 5) is 2.36. The highest BCUT2D eigenvalue weighted by atomic mass is 32.1. The van der Waals surface area contributed by atoms with Crippen LogP contribution >= 0.6 is 12.2 Å². The van der Waals surface area contributed by atoms with Gasteiger partial charge in [-0.25, -0.2) is 4.68 Å². The van der Waals surface area contributed by atoms with Gasteiger partial charge >= 0.3 is 0 Å². The molecule has 1 aromatic heterocycles. The maximum atomic E-state index is 5.82. The molecule has 7 nitrogen and oxygen atoms in total. The largest absolute Gasteiger partial charge is 0.493 e. The highest BCUT2D eigenvalue weighted by Crippen LogP contribution is 2.29. The number of hydrogen-bond donors (Lipinski definition) is 0. The maximum absolute atomic E-state index is 5.82. The molecule has 3 rings (SSSR count). The van der Waals surface area contributed by atoms with Crippen LogP contribution in [0.4, 0.5) is 0 Å². The molecular weight excluding hydrogens is 390 g/mol. The molecule has 0 saturated heterocycles. The van der Waals surface area contributed by atoms with Crippen molar-refractivity contribution in [1.29, 1.82) is 0 Å². The zero-order chi connectivity index (χ0) is 20.6. The minimum atomic E-state index is 0.309. The Kier molecular flexibility index (Phi) is 7.26. The lowest BCUT2D eigenvalue weighted by molar-refractivity contribution is 0.193. The number of benzene rings is 2. The molecule has 0 fully saturated rings. The molecule has 0 radical (unpaired) electrons. The highest BCUT2D eigenvalue weighted by molar-refractivity contribution is 7.71. The van der Waals surface area contributed by atoms with E-state index in [0.717, 1.165) is 17.1 Å². The van der Waals surface area contributed by atoms with Gasteiger partial charge in [0.2, 0.25) is 0 Å². The first-order valence-electron chi connectivity index (χ1n) is 9.37. The minimum absolute atomic E-state index is 0.309. The number of para-hydroxylation sites is 3. The van der Waals surface area contributed by atoms with E-state index in [-0.39, 0.29) is 0 Å². The first-order chi connectivity index (χ1) is 14.1. The smallest absolute Gasteiger partial charge is 0.288 e. The summed E-state index contributed by atoms with van der Waals surface area (Å²) in [6, 6.07) is 15.2. The summed E-state index contributed by atoms with van der Waals surface area (Å²) < 4.78 is 24.1. The molecule has 0 spiro atoms. The number of hydrogen-bond acceptors (Lipinski definition) is 7. The van der Waals surface area contributed by atoms with Gasteiger partial charge in [-0.1, -0.05) is 24.3 Å². The molecule has 0 aliphatic heterocycles. The molecule has 0 N–H and O–H groups in total. The molecule has 0 aliphatic rings. The molecule has 0 bridgehead atoms. The summed E-state index contributed by atoms with van der Waals surface area (Å²) in [6.45, 7) is 4.16. The molecule has 0 amide bonds. The summed E-state index contributed by atoms with van der Waals surface area (Å²) in [5.74, 6) is 2.59. The van der Waals surface area contributed by atoms with E-state index in [9.17, 15) is 0 Å². The monoisotopic (exact) mass is 415 g/mol. The lowest BCUT2D eigenvalue weighted by Crippen LogP contribution is -2.27. The van der Waals surface area contributed by atoms with Crippen molar-refractivity contribution in [3.63, 3.8) is 0 Å². The fourth-order valence-electron chi connectivity index (χ4n) is 2.78. The summed E-state index contributed by atoms with van der Waals surface area (Å²) in [5, 5.41) is 4.52. The Morgan fingerprint density at radius 1 is 1.03 bits per heavy atom. The molecule has 154 valence electrons. The maximum Gasteiger partial charge on any atom is 0.288 e. The Morgan fingerprint density at radius 2 is 1.72 bits per heavy atom. The van der Waals surface area contributed by atoms with Crippen molar-refractivity contribution in [2.24, 2.45) is 0 Å². The van der Waals surface area contributed by atoms with Crippen molar-refractivity contribution in [3.8, 4) is 28.7 Å². The van der Waals surface area contributed by atoms with Crippen LogP contribution in [0.25, 0.3) is 11.5 Å². The van der Waals surface area contributed by atoms with Gasteiger partial charge in [-0.3, -0.25) is 4.90 Å². The molecule has 0 unspecified atom stereocenters. The number of nitrogens with zero attached hydrogens (tertiary/aromatic N) is 3. The van der Waals surface area contributed by atoms with Gasteiger partial charge < -0.3 is 18.6 Å². The van der Waals surface area contributed by atoms with Crippen molar-refractivity contribution in [2.45, 2.75) is 13.6 Å². The van der Waals surface area contributed by atoms with Gasteiger partial charge in [-0.15, -0.1) is 5.10 Å². The Balaban J connectivity index is 1.61. The first-order valence-corrected chi connectivity index (χ1v) is 9.77. The van der Waals surface area contributed by atoms with E-state index in [2.05, 4.69) is 5.10 Å². The topological polar surface area (TPSA) is 61.9 Å².